The summed E-state index contributed by atoms with van der Waals surface area (Å²) in [4.78, 5) is 0. The molecule has 0 aliphatic heterocycles. The smallest absolute Gasteiger partial charge is 0.242 e. The molecule has 0 spiro atoms. The molecule has 0 unspecified atom stereocenters. The predicted molar refractivity (Wildman–Crippen MR) is 90.7 cm³/mol. The van der Waals surface area contributed by atoms with Gasteiger partial charge < -0.3 is 9.47 Å². The average Bonchev–Trinajstić information content (AvgIpc) is 2.67. The van der Waals surface area contributed by atoms with E-state index in [1.807, 2.05) is 0 Å². The van der Waals surface area contributed by atoms with Crippen LogP contribution in [0.15, 0.2) is 54.6 Å². The van der Waals surface area contributed by atoms with Crippen LogP contribution in [0.25, 0.3) is 22.3 Å². The number of aryl methyl sites for hydroxylation is 1. The van der Waals surface area contributed by atoms with Gasteiger partial charge in [-0.3, -0.25) is 0 Å². The summed E-state index contributed by atoms with van der Waals surface area (Å²) in [5.74, 6) is -0.743. The molecule has 3 rings (SSSR count). The van der Waals surface area contributed by atoms with Gasteiger partial charge in [-0.05, 0) is 18.0 Å². The molecule has 0 N–H and O–H groups in total. The van der Waals surface area contributed by atoms with Gasteiger partial charge in [0.2, 0.25) is 11.8 Å². The van der Waals surface area contributed by atoms with E-state index < -0.39 is 20.9 Å². The summed E-state index contributed by atoms with van der Waals surface area (Å²) in [6.07, 6.45) is 0. The van der Waals surface area contributed by atoms with Crippen LogP contribution in [0.2, 0.25) is 0 Å². The van der Waals surface area contributed by atoms with E-state index in [4.69, 9.17) is 21.8 Å². The summed E-state index contributed by atoms with van der Waals surface area (Å²) in [5, 5.41) is 7.53. The Kier molecular flexibility index (Phi) is 2.14. The number of nitrogens with zero attached hydrogens (tertiary/aromatic N) is 2. The largest absolute Gasteiger partial charge is 0.479 e. The first kappa shape index (κ1) is 7.59. The van der Waals surface area contributed by atoms with Crippen molar-refractivity contribution in [2.45, 2.75) is 6.85 Å². The van der Waals surface area contributed by atoms with Crippen molar-refractivity contribution in [3.8, 4) is 34.0 Å². The van der Waals surface area contributed by atoms with Crippen LogP contribution in [0.4, 0.5) is 0 Å². The van der Waals surface area contributed by atoms with Gasteiger partial charge in [-0.25, -0.2) is 0 Å². The van der Waals surface area contributed by atoms with Crippen LogP contribution >= 0.6 is 0 Å². The second-order valence-electron chi connectivity index (χ2n) is 4.71. The number of methoxy groups -OCH3 is 2. The minimum absolute atomic E-state index is 0.0711. The highest BCUT2D eigenvalue weighted by molar-refractivity contribution is 5.89. The molecular weight excluding hydrogens is 288 g/mol. The summed E-state index contributed by atoms with van der Waals surface area (Å²) in [6.45, 7) is -2.34. The SMILES string of the molecule is [2H]C([2H])([2H])Oc1nnc(OC([2H])([2H])[2H])c(-c2ccc(C([2H])([2H])[2H])cc2)c1-c1ccccc1. The summed E-state index contributed by atoms with van der Waals surface area (Å²) in [6, 6.07) is 14.1. The highest BCUT2D eigenvalue weighted by Gasteiger charge is 2.20. The molecule has 0 amide bonds. The maximum Gasteiger partial charge on any atom is 0.242 e. The highest BCUT2D eigenvalue weighted by atomic mass is 16.5. The van der Waals surface area contributed by atoms with Crippen LogP contribution in [0, 0.1) is 6.85 Å². The molecule has 0 radical (unpaired) electrons. The fourth-order valence-corrected chi connectivity index (χ4v) is 2.32. The molecule has 4 heteroatoms. The van der Waals surface area contributed by atoms with Crippen molar-refractivity contribution in [1.82, 2.24) is 10.2 Å². The Morgan fingerprint density at radius 3 is 1.83 bits per heavy atom. The van der Waals surface area contributed by atoms with Crippen LogP contribution in [-0.4, -0.2) is 24.3 Å². The Bertz CT molecular complexity index is 1080. The number of ether oxygens (including phenoxy) is 2. The molecule has 0 fully saturated rings. The number of aromatic nitrogens is 2. The third-order valence-corrected chi connectivity index (χ3v) is 3.34. The lowest BCUT2D eigenvalue weighted by Crippen LogP contribution is -2.01. The molecule has 1 aromatic heterocycles. The summed E-state index contributed by atoms with van der Waals surface area (Å²) in [7, 11) is -5.73. The molecule has 2 aromatic carbocycles. The Hall–Kier alpha value is -2.88. The van der Waals surface area contributed by atoms with E-state index in [9.17, 15) is 0 Å². The molecule has 1 heterocycles. The number of hydrogen-bond acceptors (Lipinski definition) is 4. The second kappa shape index (κ2) is 6.48. The van der Waals surface area contributed by atoms with E-state index in [0.717, 1.165) is 0 Å². The predicted octanol–water partition coefficient (Wildman–Crippen LogP) is 4.14. The molecule has 4 nitrogen and oxygen atoms in total. The zero-order chi connectivity index (χ0) is 23.7. The van der Waals surface area contributed by atoms with Crippen molar-refractivity contribution in [1.29, 1.82) is 0 Å². The molecule has 0 bridgehead atoms. The molecular formula is C19H18N2O2. The van der Waals surface area contributed by atoms with Crippen LogP contribution in [0.1, 0.15) is 17.9 Å². The minimum Gasteiger partial charge on any atom is -0.479 e. The van der Waals surface area contributed by atoms with Crippen molar-refractivity contribution < 1.29 is 21.8 Å². The van der Waals surface area contributed by atoms with Crippen molar-refractivity contribution in [3.63, 3.8) is 0 Å². The lowest BCUT2D eigenvalue weighted by atomic mass is 9.96. The fourth-order valence-electron chi connectivity index (χ4n) is 2.32. The quantitative estimate of drug-likeness (QED) is 0.726. The van der Waals surface area contributed by atoms with Crippen LogP contribution in [0.3, 0.4) is 0 Å². The van der Waals surface area contributed by atoms with Gasteiger partial charge in [-0.15, -0.1) is 10.2 Å². The van der Waals surface area contributed by atoms with Gasteiger partial charge >= 0.3 is 0 Å². The first-order valence-corrected chi connectivity index (χ1v) is 6.70. The number of hydrogen-bond donors (Lipinski definition) is 0. The maximum absolute atomic E-state index is 7.55. The molecule has 0 saturated carbocycles. The number of benzene rings is 2. The lowest BCUT2D eigenvalue weighted by molar-refractivity contribution is 0.370. The molecule has 0 aliphatic rings. The summed E-state index contributed by atoms with van der Waals surface area (Å²) >= 11 is 0. The standard InChI is InChI=1S/C19H18N2O2/c1-13-9-11-15(12-10-13)17-16(14-7-5-4-6-8-14)18(22-2)20-21-19(17)23-3/h4-12H,1-3H3/i1D3,2D3,3D3. The lowest BCUT2D eigenvalue weighted by Gasteiger charge is -2.15. The van der Waals surface area contributed by atoms with Crippen LogP contribution < -0.4 is 9.47 Å². The Labute approximate surface area is 148 Å². The Balaban J connectivity index is 2.33. The van der Waals surface area contributed by atoms with Gasteiger partial charge in [-0.2, -0.15) is 0 Å². The minimum atomic E-state index is -2.87. The van der Waals surface area contributed by atoms with Crippen molar-refractivity contribution in [3.05, 3.63) is 60.2 Å². The number of rotatable bonds is 4. The zero-order valence-corrected chi connectivity index (χ0v) is 11.9. The zero-order valence-electron chi connectivity index (χ0n) is 20.9. The molecule has 3 aromatic rings. The first-order chi connectivity index (χ1) is 14.7. The second-order valence-corrected chi connectivity index (χ2v) is 4.71. The van der Waals surface area contributed by atoms with Crippen LogP contribution in [0.5, 0.6) is 11.8 Å². The third kappa shape index (κ3) is 2.88. The van der Waals surface area contributed by atoms with E-state index in [2.05, 4.69) is 10.2 Å². The van der Waals surface area contributed by atoms with E-state index >= 15 is 0 Å². The molecule has 116 valence electrons. The topological polar surface area (TPSA) is 44.2 Å². The van der Waals surface area contributed by atoms with E-state index in [1.54, 1.807) is 30.3 Å². The summed E-state index contributed by atoms with van der Waals surface area (Å²) in [5.41, 5.74) is 1.10. The fraction of sp³-hybridized carbons (Fsp3) is 0.158. The third-order valence-electron chi connectivity index (χ3n) is 3.34. The normalized spacial score (nSPS) is 17.8. The average molecular weight is 315 g/mol. The van der Waals surface area contributed by atoms with E-state index in [1.165, 1.54) is 24.3 Å². The van der Waals surface area contributed by atoms with Gasteiger partial charge in [0.05, 0.1) is 33.4 Å². The monoisotopic (exact) mass is 315 g/mol. The molecule has 0 atom stereocenters. The van der Waals surface area contributed by atoms with Gasteiger partial charge in [0, 0.05) is 4.11 Å². The van der Waals surface area contributed by atoms with Crippen molar-refractivity contribution in [2.75, 3.05) is 14.1 Å². The maximum atomic E-state index is 7.55. The summed E-state index contributed by atoms with van der Waals surface area (Å²) < 4.78 is 77.5. The van der Waals surface area contributed by atoms with Crippen molar-refractivity contribution in [2.24, 2.45) is 0 Å². The van der Waals surface area contributed by atoms with Gasteiger partial charge in [0.1, 0.15) is 0 Å². The van der Waals surface area contributed by atoms with Gasteiger partial charge in [0.15, 0.2) is 0 Å². The Morgan fingerprint density at radius 2 is 1.30 bits per heavy atom. The van der Waals surface area contributed by atoms with Gasteiger partial charge in [0.25, 0.3) is 0 Å². The van der Waals surface area contributed by atoms with Crippen molar-refractivity contribution >= 4 is 0 Å². The molecule has 0 saturated heterocycles. The van der Waals surface area contributed by atoms with Crippen LogP contribution in [-0.2, 0) is 0 Å². The molecule has 0 aliphatic carbocycles. The van der Waals surface area contributed by atoms with E-state index in [-0.39, 0.29) is 28.5 Å². The Morgan fingerprint density at radius 1 is 0.739 bits per heavy atom. The molecule has 23 heavy (non-hydrogen) atoms. The highest BCUT2D eigenvalue weighted by Crippen LogP contribution is 2.42. The van der Waals surface area contributed by atoms with Gasteiger partial charge in [-0.1, -0.05) is 60.2 Å². The van der Waals surface area contributed by atoms with E-state index in [0.29, 0.717) is 11.1 Å². The first-order valence-electron chi connectivity index (χ1n) is 11.2.